The molecule has 1 aliphatic rings. The Bertz CT molecular complexity index is 823. The van der Waals surface area contributed by atoms with Gasteiger partial charge in [-0.25, -0.2) is 4.68 Å². The van der Waals surface area contributed by atoms with E-state index in [9.17, 15) is 9.59 Å². The highest BCUT2D eigenvalue weighted by atomic mass is 16.5. The number of nitrogens with zero attached hydrogens (tertiary/aromatic N) is 2. The molecule has 0 bridgehead atoms. The Morgan fingerprint density at radius 1 is 1.28 bits per heavy atom. The molecule has 1 saturated heterocycles. The molecule has 6 nitrogen and oxygen atoms in total. The highest BCUT2D eigenvalue weighted by Crippen LogP contribution is 2.19. The molecule has 0 unspecified atom stereocenters. The van der Waals surface area contributed by atoms with Gasteiger partial charge in [0.2, 0.25) is 5.91 Å². The molecule has 0 aliphatic carbocycles. The number of carbonyl (C=O) groups is 1. The minimum Gasteiger partial charge on any atom is -0.376 e. The summed E-state index contributed by atoms with van der Waals surface area (Å²) in [5.41, 5.74) is 3.67. The Morgan fingerprint density at radius 3 is 2.84 bits per heavy atom. The average molecular weight is 341 g/mol. The zero-order valence-electron chi connectivity index (χ0n) is 14.6. The summed E-state index contributed by atoms with van der Waals surface area (Å²) in [5, 5.41) is 7.16. The van der Waals surface area contributed by atoms with E-state index in [2.05, 4.69) is 10.4 Å². The SMILES string of the molecule is Cc1ccc(-c2ccc(=O)n(CC(=O)NC[C@H]3CCCO3)n2)cc1C. The van der Waals surface area contributed by atoms with Gasteiger partial charge in [0.1, 0.15) is 6.54 Å². The summed E-state index contributed by atoms with van der Waals surface area (Å²) >= 11 is 0. The summed E-state index contributed by atoms with van der Waals surface area (Å²) in [7, 11) is 0. The number of ether oxygens (including phenoxy) is 1. The van der Waals surface area contributed by atoms with Gasteiger partial charge in [-0.15, -0.1) is 0 Å². The number of rotatable bonds is 5. The highest BCUT2D eigenvalue weighted by molar-refractivity contribution is 5.75. The minimum absolute atomic E-state index is 0.0792. The second-order valence-electron chi connectivity index (χ2n) is 6.45. The lowest BCUT2D eigenvalue weighted by atomic mass is 10.0. The molecule has 132 valence electrons. The van der Waals surface area contributed by atoms with Gasteiger partial charge in [0.05, 0.1) is 11.8 Å². The van der Waals surface area contributed by atoms with Crippen molar-refractivity contribution in [1.29, 1.82) is 0 Å². The number of nitrogens with one attached hydrogen (secondary N) is 1. The van der Waals surface area contributed by atoms with Crippen molar-refractivity contribution in [3.63, 3.8) is 0 Å². The summed E-state index contributed by atoms with van der Waals surface area (Å²) in [6.07, 6.45) is 2.07. The first-order valence-electron chi connectivity index (χ1n) is 8.57. The molecule has 3 rings (SSSR count). The van der Waals surface area contributed by atoms with Crippen LogP contribution in [0.15, 0.2) is 35.1 Å². The Kier molecular flexibility index (Phi) is 5.28. The molecule has 0 spiro atoms. The first-order valence-corrected chi connectivity index (χ1v) is 8.57. The molecule has 2 aromatic rings. The van der Waals surface area contributed by atoms with Crippen LogP contribution < -0.4 is 10.9 Å². The first kappa shape index (κ1) is 17.4. The van der Waals surface area contributed by atoms with Crippen LogP contribution in [-0.4, -0.2) is 34.9 Å². The van der Waals surface area contributed by atoms with Crippen molar-refractivity contribution >= 4 is 5.91 Å². The third-order valence-electron chi connectivity index (χ3n) is 4.51. The van der Waals surface area contributed by atoms with E-state index in [1.165, 1.54) is 16.3 Å². The van der Waals surface area contributed by atoms with E-state index in [4.69, 9.17) is 4.74 Å². The number of carbonyl (C=O) groups excluding carboxylic acids is 1. The molecule has 0 saturated carbocycles. The van der Waals surface area contributed by atoms with Gasteiger partial charge in [-0.2, -0.15) is 5.10 Å². The number of benzene rings is 1. The summed E-state index contributed by atoms with van der Waals surface area (Å²) in [6, 6.07) is 9.16. The van der Waals surface area contributed by atoms with E-state index >= 15 is 0 Å². The van der Waals surface area contributed by atoms with Crippen molar-refractivity contribution in [3.05, 3.63) is 51.8 Å². The summed E-state index contributed by atoms with van der Waals surface area (Å²) < 4.78 is 6.68. The van der Waals surface area contributed by atoms with Crippen molar-refractivity contribution in [3.8, 4) is 11.3 Å². The maximum absolute atomic E-state index is 12.1. The van der Waals surface area contributed by atoms with E-state index in [1.807, 2.05) is 32.0 Å². The lowest BCUT2D eigenvalue weighted by molar-refractivity contribution is -0.122. The van der Waals surface area contributed by atoms with E-state index < -0.39 is 0 Å². The van der Waals surface area contributed by atoms with E-state index in [0.717, 1.165) is 30.6 Å². The van der Waals surface area contributed by atoms with Crippen molar-refractivity contribution in [1.82, 2.24) is 15.1 Å². The lowest BCUT2D eigenvalue weighted by Crippen LogP contribution is -2.37. The smallest absolute Gasteiger partial charge is 0.267 e. The molecular formula is C19H23N3O3. The van der Waals surface area contributed by atoms with Crippen LogP contribution in [0.2, 0.25) is 0 Å². The fraction of sp³-hybridized carbons (Fsp3) is 0.421. The zero-order chi connectivity index (χ0) is 17.8. The van der Waals surface area contributed by atoms with Gasteiger partial charge in [0, 0.05) is 24.8 Å². The third kappa shape index (κ3) is 4.33. The van der Waals surface area contributed by atoms with Crippen LogP contribution in [0.3, 0.4) is 0 Å². The topological polar surface area (TPSA) is 73.2 Å². The van der Waals surface area contributed by atoms with Crippen LogP contribution in [0.1, 0.15) is 24.0 Å². The fourth-order valence-electron chi connectivity index (χ4n) is 2.84. The quantitative estimate of drug-likeness (QED) is 0.900. The molecular weight excluding hydrogens is 318 g/mol. The predicted octanol–water partition coefficient (Wildman–Crippen LogP) is 1.82. The summed E-state index contributed by atoms with van der Waals surface area (Å²) in [5.74, 6) is -0.234. The number of amides is 1. The Labute approximate surface area is 146 Å². The van der Waals surface area contributed by atoms with Crippen LogP contribution >= 0.6 is 0 Å². The highest BCUT2D eigenvalue weighted by Gasteiger charge is 2.16. The van der Waals surface area contributed by atoms with Crippen LogP contribution in [0.5, 0.6) is 0 Å². The fourth-order valence-corrected chi connectivity index (χ4v) is 2.84. The molecule has 1 amide bonds. The second kappa shape index (κ2) is 7.61. The zero-order valence-corrected chi connectivity index (χ0v) is 14.6. The third-order valence-corrected chi connectivity index (χ3v) is 4.51. The predicted molar refractivity (Wildman–Crippen MR) is 95.4 cm³/mol. The average Bonchev–Trinajstić information content (AvgIpc) is 3.11. The van der Waals surface area contributed by atoms with Crippen molar-refractivity contribution in [2.24, 2.45) is 0 Å². The van der Waals surface area contributed by atoms with Crippen LogP contribution in [0.25, 0.3) is 11.3 Å². The minimum atomic E-state index is -0.292. The van der Waals surface area contributed by atoms with E-state index in [-0.39, 0.29) is 24.1 Å². The van der Waals surface area contributed by atoms with Gasteiger partial charge in [0.15, 0.2) is 0 Å². The monoisotopic (exact) mass is 341 g/mol. The molecule has 1 aliphatic heterocycles. The Morgan fingerprint density at radius 2 is 2.12 bits per heavy atom. The standard InChI is InChI=1S/C19H23N3O3/c1-13-5-6-15(10-14(13)2)17-7-8-19(24)22(21-17)12-18(23)20-11-16-4-3-9-25-16/h5-8,10,16H,3-4,9,11-12H2,1-2H3,(H,20,23)/t16-/m1/s1. The van der Waals surface area contributed by atoms with Crippen molar-refractivity contribution in [2.75, 3.05) is 13.2 Å². The molecule has 1 N–H and O–H groups in total. The van der Waals surface area contributed by atoms with Crippen molar-refractivity contribution in [2.45, 2.75) is 39.3 Å². The van der Waals surface area contributed by atoms with Gasteiger partial charge < -0.3 is 10.1 Å². The number of aromatic nitrogens is 2. The number of hydrogen-bond donors (Lipinski definition) is 1. The Hall–Kier alpha value is -2.47. The lowest BCUT2D eigenvalue weighted by Gasteiger charge is -2.12. The van der Waals surface area contributed by atoms with E-state index in [1.54, 1.807) is 6.07 Å². The normalized spacial score (nSPS) is 16.8. The van der Waals surface area contributed by atoms with Crippen LogP contribution in [-0.2, 0) is 16.1 Å². The van der Waals surface area contributed by atoms with Gasteiger partial charge >= 0.3 is 0 Å². The number of hydrogen-bond acceptors (Lipinski definition) is 4. The molecule has 25 heavy (non-hydrogen) atoms. The van der Waals surface area contributed by atoms with Gasteiger partial charge in [-0.3, -0.25) is 9.59 Å². The molecule has 1 aromatic heterocycles. The largest absolute Gasteiger partial charge is 0.376 e. The maximum atomic E-state index is 12.1. The Balaban J connectivity index is 1.71. The van der Waals surface area contributed by atoms with Crippen LogP contribution in [0, 0.1) is 13.8 Å². The molecule has 6 heteroatoms. The molecule has 1 fully saturated rings. The number of aryl methyl sites for hydroxylation is 2. The van der Waals surface area contributed by atoms with Gasteiger partial charge in [-0.05, 0) is 49.9 Å². The second-order valence-corrected chi connectivity index (χ2v) is 6.45. The maximum Gasteiger partial charge on any atom is 0.267 e. The molecule has 1 aromatic carbocycles. The molecule has 0 radical (unpaired) electrons. The summed E-state index contributed by atoms with van der Waals surface area (Å²) in [6.45, 7) is 5.22. The molecule has 2 heterocycles. The first-order chi connectivity index (χ1) is 12.0. The van der Waals surface area contributed by atoms with Gasteiger partial charge in [-0.1, -0.05) is 12.1 Å². The van der Waals surface area contributed by atoms with Crippen LogP contribution in [0.4, 0.5) is 0 Å². The van der Waals surface area contributed by atoms with Crippen molar-refractivity contribution < 1.29 is 9.53 Å². The van der Waals surface area contributed by atoms with E-state index in [0.29, 0.717) is 12.2 Å². The molecule has 1 atom stereocenters. The van der Waals surface area contributed by atoms with Gasteiger partial charge in [0.25, 0.3) is 5.56 Å². The summed E-state index contributed by atoms with van der Waals surface area (Å²) in [4.78, 5) is 24.1.